The molecular formula is C17H15N3O3. The van der Waals surface area contributed by atoms with Gasteiger partial charge in [0.25, 0.3) is 11.8 Å². The Morgan fingerprint density at radius 3 is 2.52 bits per heavy atom. The van der Waals surface area contributed by atoms with Crippen LogP contribution in [0.3, 0.4) is 0 Å². The number of para-hydroxylation sites is 2. The van der Waals surface area contributed by atoms with Crippen LogP contribution < -0.4 is 10.1 Å². The fourth-order valence-corrected chi connectivity index (χ4v) is 2.12. The number of hydrogen-bond acceptors (Lipinski definition) is 5. The number of aryl methyl sites for hydroxylation is 1. The first-order valence-electron chi connectivity index (χ1n) is 7.02. The Morgan fingerprint density at radius 1 is 1.13 bits per heavy atom. The van der Waals surface area contributed by atoms with Crippen LogP contribution in [0.4, 0.5) is 5.69 Å². The van der Waals surface area contributed by atoms with Crippen LogP contribution in [0.1, 0.15) is 16.2 Å². The monoisotopic (exact) mass is 309 g/mol. The maximum Gasteiger partial charge on any atom is 0.257 e. The standard InChI is InChI=1S/C17H15N3O3/c1-11-18-17(23-20-11)13-9-7-12(8-10-13)16(21)19-14-5-3-4-6-15(14)22-2/h3-10H,1-2H3,(H,19,21). The van der Waals surface area contributed by atoms with Gasteiger partial charge in [-0.1, -0.05) is 17.3 Å². The first-order chi connectivity index (χ1) is 11.2. The summed E-state index contributed by atoms with van der Waals surface area (Å²) in [6.07, 6.45) is 0. The van der Waals surface area contributed by atoms with E-state index < -0.39 is 0 Å². The highest BCUT2D eigenvalue weighted by Crippen LogP contribution is 2.24. The number of ether oxygens (including phenoxy) is 1. The van der Waals surface area contributed by atoms with Crippen LogP contribution in [-0.2, 0) is 0 Å². The zero-order chi connectivity index (χ0) is 16.2. The van der Waals surface area contributed by atoms with E-state index in [1.807, 2.05) is 12.1 Å². The molecule has 0 aliphatic heterocycles. The van der Waals surface area contributed by atoms with Gasteiger partial charge < -0.3 is 14.6 Å². The van der Waals surface area contributed by atoms with Crippen LogP contribution in [-0.4, -0.2) is 23.2 Å². The van der Waals surface area contributed by atoms with Crippen molar-refractivity contribution in [3.05, 3.63) is 59.9 Å². The maximum atomic E-state index is 12.3. The SMILES string of the molecule is COc1ccccc1NC(=O)c1ccc(-c2nc(C)no2)cc1. The number of methoxy groups -OCH3 is 1. The minimum atomic E-state index is -0.220. The smallest absolute Gasteiger partial charge is 0.257 e. The first kappa shape index (κ1) is 14.8. The molecule has 3 rings (SSSR count). The topological polar surface area (TPSA) is 77.2 Å². The fraction of sp³-hybridized carbons (Fsp3) is 0.118. The van der Waals surface area contributed by atoms with Crippen molar-refractivity contribution in [3.63, 3.8) is 0 Å². The average molecular weight is 309 g/mol. The van der Waals surface area contributed by atoms with E-state index >= 15 is 0 Å². The van der Waals surface area contributed by atoms with Crippen LogP contribution in [0.2, 0.25) is 0 Å². The normalized spacial score (nSPS) is 10.3. The fourth-order valence-electron chi connectivity index (χ4n) is 2.12. The lowest BCUT2D eigenvalue weighted by atomic mass is 10.1. The predicted octanol–water partition coefficient (Wildman–Crippen LogP) is 3.31. The number of carbonyl (C=O) groups is 1. The lowest BCUT2D eigenvalue weighted by Crippen LogP contribution is -2.12. The van der Waals surface area contributed by atoms with E-state index in [-0.39, 0.29) is 5.91 Å². The summed E-state index contributed by atoms with van der Waals surface area (Å²) in [5.74, 6) is 1.39. The molecule has 0 unspecified atom stereocenters. The van der Waals surface area contributed by atoms with Gasteiger partial charge in [-0.15, -0.1) is 0 Å². The summed E-state index contributed by atoms with van der Waals surface area (Å²) in [6.45, 7) is 1.75. The summed E-state index contributed by atoms with van der Waals surface area (Å²) in [6, 6.07) is 14.2. The molecule has 2 aromatic carbocycles. The van der Waals surface area contributed by atoms with Gasteiger partial charge >= 0.3 is 0 Å². The van der Waals surface area contributed by atoms with Gasteiger partial charge in [-0.2, -0.15) is 4.98 Å². The Kier molecular flexibility index (Phi) is 4.05. The molecule has 0 saturated carbocycles. The van der Waals surface area contributed by atoms with Crippen molar-refractivity contribution in [2.45, 2.75) is 6.92 Å². The molecule has 3 aromatic rings. The van der Waals surface area contributed by atoms with Crippen molar-refractivity contribution in [1.29, 1.82) is 0 Å². The molecule has 1 heterocycles. The zero-order valence-corrected chi connectivity index (χ0v) is 12.7. The Morgan fingerprint density at radius 2 is 1.87 bits per heavy atom. The van der Waals surface area contributed by atoms with Crippen LogP contribution in [0, 0.1) is 6.92 Å². The number of hydrogen-bond donors (Lipinski definition) is 1. The second-order valence-electron chi connectivity index (χ2n) is 4.88. The van der Waals surface area contributed by atoms with E-state index in [0.29, 0.717) is 28.7 Å². The third kappa shape index (κ3) is 3.21. The van der Waals surface area contributed by atoms with Gasteiger partial charge in [-0.3, -0.25) is 4.79 Å². The third-order valence-corrected chi connectivity index (χ3v) is 3.28. The second kappa shape index (κ2) is 6.31. The number of anilines is 1. The van der Waals surface area contributed by atoms with Crippen LogP contribution >= 0.6 is 0 Å². The Balaban J connectivity index is 1.78. The summed E-state index contributed by atoms with van der Waals surface area (Å²) in [7, 11) is 1.56. The van der Waals surface area contributed by atoms with Gasteiger partial charge in [0.2, 0.25) is 0 Å². The number of nitrogens with zero attached hydrogens (tertiary/aromatic N) is 2. The number of aromatic nitrogens is 2. The minimum absolute atomic E-state index is 0.220. The van der Waals surface area contributed by atoms with Crippen molar-refractivity contribution in [3.8, 4) is 17.2 Å². The summed E-state index contributed by atoms with van der Waals surface area (Å²) >= 11 is 0. The summed E-state index contributed by atoms with van der Waals surface area (Å²) in [5, 5.41) is 6.57. The summed E-state index contributed by atoms with van der Waals surface area (Å²) < 4.78 is 10.3. The molecule has 0 saturated heterocycles. The van der Waals surface area contributed by atoms with Gasteiger partial charge in [0.1, 0.15) is 5.75 Å². The van der Waals surface area contributed by atoms with E-state index in [1.165, 1.54) is 0 Å². The van der Waals surface area contributed by atoms with Crippen molar-refractivity contribution in [2.75, 3.05) is 12.4 Å². The van der Waals surface area contributed by atoms with Gasteiger partial charge in [0, 0.05) is 11.1 Å². The number of rotatable bonds is 4. The molecule has 116 valence electrons. The van der Waals surface area contributed by atoms with Crippen LogP contribution in [0.15, 0.2) is 53.1 Å². The zero-order valence-electron chi connectivity index (χ0n) is 12.7. The maximum absolute atomic E-state index is 12.3. The summed E-state index contributed by atoms with van der Waals surface area (Å²) in [4.78, 5) is 16.5. The van der Waals surface area contributed by atoms with E-state index in [0.717, 1.165) is 5.56 Å². The van der Waals surface area contributed by atoms with Crippen LogP contribution in [0.5, 0.6) is 5.75 Å². The lowest BCUT2D eigenvalue weighted by Gasteiger charge is -2.09. The Bertz CT molecular complexity index is 825. The highest BCUT2D eigenvalue weighted by atomic mass is 16.5. The molecule has 0 aliphatic carbocycles. The highest BCUT2D eigenvalue weighted by Gasteiger charge is 2.11. The molecular weight excluding hydrogens is 294 g/mol. The largest absolute Gasteiger partial charge is 0.495 e. The van der Waals surface area contributed by atoms with Gasteiger partial charge in [-0.25, -0.2) is 0 Å². The number of nitrogens with one attached hydrogen (secondary N) is 1. The van der Waals surface area contributed by atoms with Crippen molar-refractivity contribution in [1.82, 2.24) is 10.1 Å². The number of carbonyl (C=O) groups excluding carboxylic acids is 1. The molecule has 0 spiro atoms. The lowest BCUT2D eigenvalue weighted by molar-refractivity contribution is 0.102. The van der Waals surface area contributed by atoms with E-state index in [4.69, 9.17) is 9.26 Å². The molecule has 1 N–H and O–H groups in total. The molecule has 0 atom stereocenters. The Labute approximate surface area is 133 Å². The molecule has 1 amide bonds. The molecule has 0 fully saturated rings. The van der Waals surface area contributed by atoms with Crippen molar-refractivity contribution in [2.24, 2.45) is 0 Å². The van der Waals surface area contributed by atoms with Gasteiger partial charge in [0.05, 0.1) is 12.8 Å². The quantitative estimate of drug-likeness (QED) is 0.800. The molecule has 0 aliphatic rings. The van der Waals surface area contributed by atoms with Crippen molar-refractivity contribution >= 4 is 11.6 Å². The minimum Gasteiger partial charge on any atom is -0.495 e. The van der Waals surface area contributed by atoms with Crippen molar-refractivity contribution < 1.29 is 14.1 Å². The van der Waals surface area contributed by atoms with E-state index in [1.54, 1.807) is 50.4 Å². The Hall–Kier alpha value is -3.15. The number of amides is 1. The van der Waals surface area contributed by atoms with Crippen LogP contribution in [0.25, 0.3) is 11.5 Å². The molecule has 0 bridgehead atoms. The molecule has 23 heavy (non-hydrogen) atoms. The van der Waals surface area contributed by atoms with E-state index in [2.05, 4.69) is 15.5 Å². The molecule has 6 heteroatoms. The first-order valence-corrected chi connectivity index (χ1v) is 7.02. The molecule has 1 aromatic heterocycles. The third-order valence-electron chi connectivity index (χ3n) is 3.28. The molecule has 6 nitrogen and oxygen atoms in total. The second-order valence-corrected chi connectivity index (χ2v) is 4.88. The van der Waals surface area contributed by atoms with Gasteiger partial charge in [0.15, 0.2) is 5.82 Å². The summed E-state index contributed by atoms with van der Waals surface area (Å²) in [5.41, 5.74) is 1.91. The molecule has 0 radical (unpaired) electrons. The number of benzene rings is 2. The highest BCUT2D eigenvalue weighted by molar-refractivity contribution is 6.05. The predicted molar refractivity (Wildman–Crippen MR) is 85.4 cm³/mol. The van der Waals surface area contributed by atoms with Gasteiger partial charge in [-0.05, 0) is 43.3 Å². The van der Waals surface area contributed by atoms with E-state index in [9.17, 15) is 4.79 Å². The average Bonchev–Trinajstić information content (AvgIpc) is 3.02.